The van der Waals surface area contributed by atoms with Crippen LogP contribution in [0.1, 0.15) is 30.5 Å². The summed E-state index contributed by atoms with van der Waals surface area (Å²) in [6.45, 7) is 4.13. The molecule has 2 aromatic rings. The molecule has 1 aliphatic rings. The van der Waals surface area contributed by atoms with Crippen LogP contribution in [0.3, 0.4) is 0 Å². The molecule has 1 aliphatic heterocycles. The number of rotatable bonds is 4. The Morgan fingerprint density at radius 2 is 1.96 bits per heavy atom. The van der Waals surface area contributed by atoms with Gasteiger partial charge in [0.1, 0.15) is 5.71 Å². The highest BCUT2D eigenvalue weighted by Gasteiger charge is 2.34. The van der Waals surface area contributed by atoms with Gasteiger partial charge < -0.3 is 4.74 Å². The number of ether oxygens (including phenoxy) is 1. The van der Waals surface area contributed by atoms with Crippen molar-refractivity contribution in [3.8, 4) is 0 Å². The number of carbonyl (C=O) groups excluding carboxylic acids is 1. The summed E-state index contributed by atoms with van der Waals surface area (Å²) in [6, 6.07) is 13.3. The van der Waals surface area contributed by atoms with Gasteiger partial charge in [-0.3, -0.25) is 5.01 Å². The second kappa shape index (κ2) is 7.46. The first-order valence-corrected chi connectivity index (χ1v) is 8.80. The molecule has 0 bridgehead atoms. The first-order valence-electron chi connectivity index (χ1n) is 8.05. The molecule has 1 unspecified atom stereocenters. The molecular weight excluding hydrogens is 359 g/mol. The first-order chi connectivity index (χ1) is 12.0. The van der Waals surface area contributed by atoms with Crippen molar-refractivity contribution in [3.63, 3.8) is 0 Å². The summed E-state index contributed by atoms with van der Waals surface area (Å²) >= 11 is 12.4. The molecule has 0 radical (unpaired) electrons. The molecule has 4 nitrogen and oxygen atoms in total. The lowest BCUT2D eigenvalue weighted by Gasteiger charge is -2.25. The summed E-state index contributed by atoms with van der Waals surface area (Å²) in [5.41, 5.74) is 3.32. The minimum atomic E-state index is -0.396. The molecule has 0 saturated carbocycles. The lowest BCUT2D eigenvalue weighted by molar-refractivity contribution is -0.135. The van der Waals surface area contributed by atoms with Crippen LogP contribution in [0.15, 0.2) is 47.6 Å². The minimum absolute atomic E-state index is 0.126. The van der Waals surface area contributed by atoms with E-state index in [0.717, 1.165) is 5.56 Å². The fraction of sp³-hybridized carbons (Fsp3) is 0.263. The number of hydrogen-bond donors (Lipinski definition) is 0. The number of aryl methyl sites for hydroxylation is 1. The van der Waals surface area contributed by atoms with Crippen LogP contribution in [0.2, 0.25) is 10.0 Å². The lowest BCUT2D eigenvalue weighted by Crippen LogP contribution is -2.19. The molecule has 0 amide bonds. The van der Waals surface area contributed by atoms with Crippen molar-refractivity contribution < 1.29 is 9.53 Å². The van der Waals surface area contributed by atoms with Gasteiger partial charge in [-0.1, -0.05) is 53.0 Å². The van der Waals surface area contributed by atoms with Gasteiger partial charge >= 0.3 is 5.97 Å². The van der Waals surface area contributed by atoms with Crippen molar-refractivity contribution in [2.75, 3.05) is 11.6 Å². The number of esters is 1. The van der Waals surface area contributed by atoms with Crippen LogP contribution in [-0.4, -0.2) is 18.3 Å². The van der Waals surface area contributed by atoms with Crippen molar-refractivity contribution in [1.82, 2.24) is 0 Å². The predicted octanol–water partition coefficient (Wildman–Crippen LogP) is 5.17. The standard InChI is InChI=1S/C19H18Cl2N2O2/c1-3-25-19(24)16-11-18(13-6-4-12(2)5-7-13)23(22-16)17-9-8-14(20)10-15(17)21/h4-10,18H,3,11H2,1-2H3. The molecule has 130 valence electrons. The van der Waals surface area contributed by atoms with Gasteiger partial charge in [-0.05, 0) is 37.6 Å². The largest absolute Gasteiger partial charge is 0.461 e. The highest BCUT2D eigenvalue weighted by molar-refractivity contribution is 6.38. The average molecular weight is 377 g/mol. The number of halogens is 2. The Hall–Kier alpha value is -2.04. The quantitative estimate of drug-likeness (QED) is 0.690. The molecule has 2 aromatic carbocycles. The predicted molar refractivity (Wildman–Crippen MR) is 102 cm³/mol. The summed E-state index contributed by atoms with van der Waals surface area (Å²) < 4.78 is 5.11. The Morgan fingerprint density at radius 1 is 1.24 bits per heavy atom. The van der Waals surface area contributed by atoms with E-state index < -0.39 is 5.97 Å². The molecule has 0 N–H and O–H groups in total. The maximum Gasteiger partial charge on any atom is 0.354 e. The maximum atomic E-state index is 12.2. The Labute approximate surface area is 157 Å². The smallest absolute Gasteiger partial charge is 0.354 e. The fourth-order valence-electron chi connectivity index (χ4n) is 2.79. The molecule has 0 fully saturated rings. The zero-order valence-electron chi connectivity index (χ0n) is 14.0. The number of anilines is 1. The van der Waals surface area contributed by atoms with Crippen molar-refractivity contribution >= 4 is 40.6 Å². The Morgan fingerprint density at radius 3 is 2.60 bits per heavy atom. The Kier molecular flexibility index (Phi) is 5.30. The summed E-state index contributed by atoms with van der Waals surface area (Å²) in [6.07, 6.45) is 0.459. The highest BCUT2D eigenvalue weighted by atomic mass is 35.5. The first kappa shape index (κ1) is 17.8. The summed E-state index contributed by atoms with van der Waals surface area (Å²) in [5, 5.41) is 7.30. The van der Waals surface area contributed by atoms with E-state index in [9.17, 15) is 4.79 Å². The van der Waals surface area contributed by atoms with Gasteiger partial charge in [0.2, 0.25) is 0 Å². The molecule has 0 aliphatic carbocycles. The second-order valence-corrected chi connectivity index (χ2v) is 6.68. The van der Waals surface area contributed by atoms with Gasteiger partial charge in [0.05, 0.1) is 23.4 Å². The van der Waals surface area contributed by atoms with E-state index in [1.54, 1.807) is 24.1 Å². The van der Waals surface area contributed by atoms with E-state index >= 15 is 0 Å². The third-order valence-corrected chi connectivity index (χ3v) is 4.58. The number of nitrogens with zero attached hydrogens (tertiary/aromatic N) is 2. The summed E-state index contributed by atoms with van der Waals surface area (Å²) in [4.78, 5) is 12.2. The molecule has 1 heterocycles. The number of hydrogen-bond acceptors (Lipinski definition) is 4. The second-order valence-electron chi connectivity index (χ2n) is 5.84. The van der Waals surface area contributed by atoms with Crippen LogP contribution in [0.4, 0.5) is 5.69 Å². The van der Waals surface area contributed by atoms with E-state index in [0.29, 0.717) is 34.5 Å². The third-order valence-electron chi connectivity index (χ3n) is 4.04. The highest BCUT2D eigenvalue weighted by Crippen LogP contribution is 2.39. The molecule has 6 heteroatoms. The van der Waals surface area contributed by atoms with Gasteiger partial charge in [-0.2, -0.15) is 5.10 Å². The monoisotopic (exact) mass is 376 g/mol. The van der Waals surface area contributed by atoms with E-state index in [2.05, 4.69) is 5.10 Å². The molecular formula is C19H18Cl2N2O2. The van der Waals surface area contributed by atoms with Crippen LogP contribution >= 0.6 is 23.2 Å². The Balaban J connectivity index is 2.01. The Bertz CT molecular complexity index is 819. The van der Waals surface area contributed by atoms with Gasteiger partial charge in [-0.25, -0.2) is 4.79 Å². The van der Waals surface area contributed by atoms with Gasteiger partial charge in [-0.15, -0.1) is 0 Å². The summed E-state index contributed by atoms with van der Waals surface area (Å²) in [5.74, 6) is -0.396. The molecule has 0 spiro atoms. The molecule has 3 rings (SSSR count). The van der Waals surface area contributed by atoms with E-state index in [1.807, 2.05) is 37.3 Å². The van der Waals surface area contributed by atoms with Crippen LogP contribution in [0, 0.1) is 6.92 Å². The minimum Gasteiger partial charge on any atom is -0.461 e. The van der Waals surface area contributed by atoms with E-state index in [-0.39, 0.29) is 6.04 Å². The van der Waals surface area contributed by atoms with Gasteiger partial charge in [0.25, 0.3) is 0 Å². The van der Waals surface area contributed by atoms with Crippen LogP contribution in [-0.2, 0) is 9.53 Å². The zero-order chi connectivity index (χ0) is 18.0. The van der Waals surface area contributed by atoms with E-state index in [4.69, 9.17) is 27.9 Å². The lowest BCUT2D eigenvalue weighted by atomic mass is 10.0. The van der Waals surface area contributed by atoms with Gasteiger partial charge in [0, 0.05) is 11.4 Å². The van der Waals surface area contributed by atoms with Crippen molar-refractivity contribution in [2.24, 2.45) is 5.10 Å². The normalized spacial score (nSPS) is 16.7. The third kappa shape index (κ3) is 3.80. The van der Waals surface area contributed by atoms with Crippen LogP contribution in [0.25, 0.3) is 0 Å². The van der Waals surface area contributed by atoms with Gasteiger partial charge in [0.15, 0.2) is 0 Å². The number of carbonyl (C=O) groups is 1. The van der Waals surface area contributed by atoms with Crippen molar-refractivity contribution in [3.05, 3.63) is 63.6 Å². The fourth-order valence-corrected chi connectivity index (χ4v) is 3.28. The van der Waals surface area contributed by atoms with Crippen molar-refractivity contribution in [2.45, 2.75) is 26.3 Å². The SMILES string of the molecule is CCOC(=O)C1=NN(c2ccc(Cl)cc2Cl)C(c2ccc(C)cc2)C1. The van der Waals surface area contributed by atoms with E-state index in [1.165, 1.54) is 5.56 Å². The van der Waals surface area contributed by atoms with Crippen LogP contribution in [0.5, 0.6) is 0 Å². The molecule has 0 saturated heterocycles. The topological polar surface area (TPSA) is 41.9 Å². The molecule has 1 atom stereocenters. The summed E-state index contributed by atoms with van der Waals surface area (Å²) in [7, 11) is 0. The number of hydrazone groups is 1. The molecule has 25 heavy (non-hydrogen) atoms. The zero-order valence-corrected chi connectivity index (χ0v) is 15.5. The maximum absolute atomic E-state index is 12.2. The average Bonchev–Trinajstić information content (AvgIpc) is 3.01. The number of benzene rings is 2. The molecule has 0 aromatic heterocycles. The van der Waals surface area contributed by atoms with Crippen molar-refractivity contribution in [1.29, 1.82) is 0 Å². The van der Waals surface area contributed by atoms with Crippen LogP contribution < -0.4 is 5.01 Å².